The summed E-state index contributed by atoms with van der Waals surface area (Å²) in [4.78, 5) is 11.8. The third-order valence-electron chi connectivity index (χ3n) is 2.32. The molecule has 0 saturated carbocycles. The lowest BCUT2D eigenvalue weighted by molar-refractivity contribution is 0.0693. The number of benzene rings is 1. The molecule has 1 aromatic heterocycles. The van der Waals surface area contributed by atoms with Crippen LogP contribution in [0, 0.1) is 6.92 Å². The quantitative estimate of drug-likeness (QED) is 0.840. The monoisotopic (exact) mass is 248 g/mol. The van der Waals surface area contributed by atoms with E-state index in [2.05, 4.69) is 0 Å². The van der Waals surface area contributed by atoms with E-state index in [9.17, 15) is 4.79 Å². The molecule has 0 saturated heterocycles. The van der Waals surface area contributed by atoms with Crippen LogP contribution in [0.5, 0.6) is 0 Å². The van der Waals surface area contributed by atoms with Crippen molar-refractivity contribution in [3.05, 3.63) is 53.5 Å². The van der Waals surface area contributed by atoms with Crippen LogP contribution < -0.4 is 0 Å². The van der Waals surface area contributed by atoms with Gasteiger partial charge in [0, 0.05) is 4.90 Å². The summed E-state index contributed by atoms with van der Waals surface area (Å²) >= 11 is 1.47. The van der Waals surface area contributed by atoms with Gasteiger partial charge in [-0.1, -0.05) is 6.07 Å². The van der Waals surface area contributed by atoms with Gasteiger partial charge in [-0.2, -0.15) is 0 Å². The van der Waals surface area contributed by atoms with Crippen LogP contribution in [0.3, 0.4) is 0 Å². The zero-order valence-electron chi connectivity index (χ0n) is 9.34. The fourth-order valence-electron chi connectivity index (χ4n) is 1.47. The highest BCUT2D eigenvalue weighted by molar-refractivity contribution is 7.98. The van der Waals surface area contributed by atoms with Crippen molar-refractivity contribution >= 4 is 17.7 Å². The second kappa shape index (κ2) is 5.10. The molecule has 0 aliphatic rings. The lowest BCUT2D eigenvalue weighted by Crippen LogP contribution is -1.99. The highest BCUT2D eigenvalue weighted by Crippen LogP contribution is 2.27. The number of thioether (sulfide) groups is 1. The number of carbonyl (C=O) groups is 1. The molecule has 0 fully saturated rings. The summed E-state index contributed by atoms with van der Waals surface area (Å²) in [7, 11) is 0. The van der Waals surface area contributed by atoms with Crippen molar-refractivity contribution < 1.29 is 14.3 Å². The summed E-state index contributed by atoms with van der Waals surface area (Å²) in [5.74, 6) is 0.580. The first-order valence-corrected chi connectivity index (χ1v) is 6.14. The third-order valence-corrected chi connectivity index (χ3v) is 3.40. The van der Waals surface area contributed by atoms with Crippen LogP contribution in [0.25, 0.3) is 0 Å². The molecule has 0 aliphatic carbocycles. The molecule has 0 atom stereocenters. The van der Waals surface area contributed by atoms with Crippen molar-refractivity contribution in [1.82, 2.24) is 0 Å². The lowest BCUT2D eigenvalue weighted by Gasteiger charge is -2.05. The number of hydrogen-bond acceptors (Lipinski definition) is 3. The number of rotatable bonds is 4. The summed E-state index contributed by atoms with van der Waals surface area (Å²) in [6.45, 7) is 1.95. The van der Waals surface area contributed by atoms with Gasteiger partial charge in [0.2, 0.25) is 0 Å². The molecular formula is C13H12O3S. The Morgan fingerprint density at radius 3 is 2.88 bits per heavy atom. The first-order chi connectivity index (χ1) is 8.16. The fraction of sp³-hybridized carbons (Fsp3) is 0.154. The average molecular weight is 248 g/mol. The molecule has 0 spiro atoms. The number of hydrogen-bond donors (Lipinski definition) is 1. The van der Waals surface area contributed by atoms with Crippen molar-refractivity contribution in [2.45, 2.75) is 17.6 Å². The Balaban J connectivity index is 2.19. The van der Waals surface area contributed by atoms with Crippen molar-refractivity contribution in [2.75, 3.05) is 0 Å². The van der Waals surface area contributed by atoms with E-state index in [4.69, 9.17) is 9.52 Å². The molecule has 1 N–H and O–H groups in total. The summed E-state index contributed by atoms with van der Waals surface area (Å²) < 4.78 is 5.22. The minimum Gasteiger partial charge on any atom is -0.478 e. The number of carboxylic acid groups (broad SMARTS) is 1. The average Bonchev–Trinajstić information content (AvgIpc) is 2.78. The molecule has 0 unspecified atom stereocenters. The first-order valence-electron chi connectivity index (χ1n) is 5.16. The van der Waals surface area contributed by atoms with Crippen LogP contribution in [0.15, 0.2) is 45.9 Å². The molecule has 3 nitrogen and oxygen atoms in total. The van der Waals surface area contributed by atoms with Crippen molar-refractivity contribution in [2.24, 2.45) is 0 Å². The molecule has 0 aliphatic heterocycles. The first kappa shape index (κ1) is 11.8. The number of aromatic carboxylic acids is 1. The van der Waals surface area contributed by atoms with Crippen molar-refractivity contribution in [3.8, 4) is 0 Å². The Labute approximate surface area is 103 Å². The number of carboxylic acids is 1. The largest absolute Gasteiger partial charge is 0.478 e. The van der Waals surface area contributed by atoms with Gasteiger partial charge in [-0.05, 0) is 36.8 Å². The maximum absolute atomic E-state index is 11.1. The molecule has 4 heteroatoms. The molecule has 17 heavy (non-hydrogen) atoms. The molecule has 1 aromatic carbocycles. The molecule has 0 amide bonds. The van der Waals surface area contributed by atoms with Gasteiger partial charge in [0.05, 0.1) is 17.6 Å². The minimum absolute atomic E-state index is 0.340. The Morgan fingerprint density at radius 1 is 1.41 bits per heavy atom. The highest BCUT2D eigenvalue weighted by atomic mass is 32.2. The molecule has 0 radical (unpaired) electrons. The number of aryl methyl sites for hydroxylation is 1. The topological polar surface area (TPSA) is 50.4 Å². The van der Waals surface area contributed by atoms with Crippen molar-refractivity contribution in [3.63, 3.8) is 0 Å². The van der Waals surface area contributed by atoms with E-state index in [0.29, 0.717) is 11.3 Å². The summed E-state index contributed by atoms with van der Waals surface area (Å²) in [5, 5.41) is 9.08. The third kappa shape index (κ3) is 2.91. The van der Waals surface area contributed by atoms with E-state index in [1.807, 2.05) is 25.1 Å². The van der Waals surface area contributed by atoms with E-state index in [-0.39, 0.29) is 0 Å². The van der Waals surface area contributed by atoms with E-state index in [0.717, 1.165) is 16.2 Å². The van der Waals surface area contributed by atoms with Crippen LogP contribution in [-0.2, 0) is 5.75 Å². The fourth-order valence-corrected chi connectivity index (χ4v) is 2.51. The van der Waals surface area contributed by atoms with Gasteiger partial charge < -0.3 is 9.52 Å². The lowest BCUT2D eigenvalue weighted by atomic mass is 10.1. The Kier molecular flexibility index (Phi) is 3.54. The van der Waals surface area contributed by atoms with Gasteiger partial charge >= 0.3 is 5.97 Å². The molecule has 2 aromatic rings. The zero-order valence-corrected chi connectivity index (χ0v) is 10.2. The van der Waals surface area contributed by atoms with Gasteiger partial charge in [-0.25, -0.2) is 4.79 Å². The smallest absolute Gasteiger partial charge is 0.336 e. The summed E-state index contributed by atoms with van der Waals surface area (Å²) in [6, 6.07) is 9.03. The maximum Gasteiger partial charge on any atom is 0.336 e. The maximum atomic E-state index is 11.1. The van der Waals surface area contributed by atoms with Crippen molar-refractivity contribution in [1.29, 1.82) is 0 Å². The molecule has 0 bridgehead atoms. The van der Waals surface area contributed by atoms with Gasteiger partial charge in [-0.3, -0.25) is 0 Å². The Hall–Kier alpha value is -1.68. The van der Waals surface area contributed by atoms with Gasteiger partial charge in [0.15, 0.2) is 0 Å². The van der Waals surface area contributed by atoms with Gasteiger partial charge in [0.1, 0.15) is 5.76 Å². The van der Waals surface area contributed by atoms with Gasteiger partial charge in [0.25, 0.3) is 0 Å². The van der Waals surface area contributed by atoms with E-state index in [1.54, 1.807) is 18.4 Å². The SMILES string of the molecule is Cc1ccc(C(=O)O)c(SCc2ccco2)c1. The second-order valence-electron chi connectivity index (χ2n) is 3.67. The Bertz CT molecular complexity index is 517. The van der Waals surface area contributed by atoms with E-state index < -0.39 is 5.97 Å². The van der Waals surface area contributed by atoms with Crippen LogP contribution in [0.1, 0.15) is 21.7 Å². The second-order valence-corrected chi connectivity index (χ2v) is 4.69. The van der Waals surface area contributed by atoms with Crippen LogP contribution in [0.4, 0.5) is 0 Å². The van der Waals surface area contributed by atoms with E-state index >= 15 is 0 Å². The summed E-state index contributed by atoms with van der Waals surface area (Å²) in [6.07, 6.45) is 1.62. The normalized spacial score (nSPS) is 10.4. The number of furan rings is 1. The highest BCUT2D eigenvalue weighted by Gasteiger charge is 2.11. The molecule has 88 valence electrons. The van der Waals surface area contributed by atoms with Crippen LogP contribution in [0.2, 0.25) is 0 Å². The van der Waals surface area contributed by atoms with E-state index in [1.165, 1.54) is 11.8 Å². The Morgan fingerprint density at radius 2 is 2.24 bits per heavy atom. The minimum atomic E-state index is -0.896. The van der Waals surface area contributed by atoms with Crippen LogP contribution >= 0.6 is 11.8 Å². The standard InChI is InChI=1S/C13H12O3S/c1-9-4-5-11(13(14)15)12(7-9)17-8-10-3-2-6-16-10/h2-7H,8H2,1H3,(H,14,15). The predicted octanol–water partition coefficient (Wildman–Crippen LogP) is 3.58. The predicted molar refractivity (Wildman–Crippen MR) is 66.4 cm³/mol. The zero-order chi connectivity index (χ0) is 12.3. The molecular weight excluding hydrogens is 236 g/mol. The van der Waals surface area contributed by atoms with Gasteiger partial charge in [-0.15, -0.1) is 11.8 Å². The summed E-state index contributed by atoms with van der Waals surface area (Å²) in [5.41, 5.74) is 1.39. The molecule has 1 heterocycles. The van der Waals surface area contributed by atoms with Crippen LogP contribution in [-0.4, -0.2) is 11.1 Å². The molecule has 2 rings (SSSR count).